The standard InChI is InChI=1S/C14H13NO/c1-11-5-4-7-13(15-11)10-9-12-6-2-3-8-14(12)16/h2-10,16H,1H3/b10-9+. The fraction of sp³-hybridized carbons (Fsp3) is 0.0714. The molecular formula is C14H13NO. The number of aryl methyl sites for hydroxylation is 1. The molecule has 2 rings (SSSR count). The zero-order valence-electron chi connectivity index (χ0n) is 9.09. The number of aromatic hydroxyl groups is 1. The van der Waals surface area contributed by atoms with Crippen molar-refractivity contribution in [3.63, 3.8) is 0 Å². The van der Waals surface area contributed by atoms with Crippen LogP contribution >= 0.6 is 0 Å². The number of phenols is 1. The maximum absolute atomic E-state index is 9.57. The molecule has 0 atom stereocenters. The van der Waals surface area contributed by atoms with E-state index in [0.29, 0.717) is 0 Å². The van der Waals surface area contributed by atoms with E-state index in [1.165, 1.54) is 0 Å². The van der Waals surface area contributed by atoms with E-state index in [4.69, 9.17) is 0 Å². The molecule has 2 nitrogen and oxygen atoms in total. The maximum atomic E-state index is 9.57. The Labute approximate surface area is 94.9 Å². The number of para-hydroxylation sites is 1. The van der Waals surface area contributed by atoms with E-state index < -0.39 is 0 Å². The highest BCUT2D eigenvalue weighted by Gasteiger charge is 1.94. The van der Waals surface area contributed by atoms with E-state index in [1.807, 2.05) is 49.4 Å². The van der Waals surface area contributed by atoms with Gasteiger partial charge in [-0.1, -0.05) is 24.3 Å². The van der Waals surface area contributed by atoms with Crippen LogP contribution in [0.15, 0.2) is 42.5 Å². The number of hydrogen-bond acceptors (Lipinski definition) is 2. The lowest BCUT2D eigenvalue weighted by Crippen LogP contribution is -1.83. The Bertz CT molecular complexity index is 518. The van der Waals surface area contributed by atoms with Crippen molar-refractivity contribution >= 4 is 12.2 Å². The topological polar surface area (TPSA) is 33.1 Å². The molecule has 0 spiro atoms. The molecule has 0 amide bonds. The molecule has 0 saturated carbocycles. The number of nitrogens with zero attached hydrogens (tertiary/aromatic N) is 1. The van der Waals surface area contributed by atoms with Crippen molar-refractivity contribution in [1.29, 1.82) is 0 Å². The van der Waals surface area contributed by atoms with Crippen molar-refractivity contribution in [3.05, 3.63) is 59.4 Å². The van der Waals surface area contributed by atoms with Gasteiger partial charge in [0, 0.05) is 11.3 Å². The molecule has 0 bridgehead atoms. The summed E-state index contributed by atoms with van der Waals surface area (Å²) < 4.78 is 0. The SMILES string of the molecule is Cc1cccc(/C=C/c2ccccc2O)n1. The number of phenolic OH excluding ortho intramolecular Hbond substituents is 1. The minimum Gasteiger partial charge on any atom is -0.507 e. The number of aromatic nitrogens is 1. The second-order valence-electron chi connectivity index (χ2n) is 3.60. The second-order valence-corrected chi connectivity index (χ2v) is 3.60. The van der Waals surface area contributed by atoms with Crippen LogP contribution in [-0.4, -0.2) is 10.1 Å². The van der Waals surface area contributed by atoms with E-state index in [1.54, 1.807) is 12.1 Å². The molecule has 0 fully saturated rings. The first-order valence-corrected chi connectivity index (χ1v) is 5.15. The highest BCUT2D eigenvalue weighted by Crippen LogP contribution is 2.18. The van der Waals surface area contributed by atoms with Gasteiger partial charge in [-0.3, -0.25) is 4.98 Å². The molecule has 1 aromatic carbocycles. The van der Waals surface area contributed by atoms with Crippen molar-refractivity contribution in [2.75, 3.05) is 0 Å². The third-order valence-electron chi connectivity index (χ3n) is 2.28. The van der Waals surface area contributed by atoms with Crippen molar-refractivity contribution in [2.45, 2.75) is 6.92 Å². The zero-order valence-corrected chi connectivity index (χ0v) is 9.09. The predicted octanol–water partition coefficient (Wildman–Crippen LogP) is 3.27. The van der Waals surface area contributed by atoms with E-state index >= 15 is 0 Å². The van der Waals surface area contributed by atoms with Crippen molar-refractivity contribution in [1.82, 2.24) is 4.98 Å². The average Bonchev–Trinajstić information content (AvgIpc) is 2.28. The van der Waals surface area contributed by atoms with Gasteiger partial charge < -0.3 is 5.11 Å². The Morgan fingerprint density at radius 3 is 2.56 bits per heavy atom. The first-order chi connectivity index (χ1) is 7.75. The molecule has 1 heterocycles. The minimum absolute atomic E-state index is 0.284. The van der Waals surface area contributed by atoms with Crippen LogP contribution in [0.2, 0.25) is 0 Å². The van der Waals surface area contributed by atoms with Gasteiger partial charge in [-0.2, -0.15) is 0 Å². The number of rotatable bonds is 2. The smallest absolute Gasteiger partial charge is 0.122 e. The monoisotopic (exact) mass is 211 g/mol. The van der Waals surface area contributed by atoms with E-state index in [9.17, 15) is 5.11 Å². The number of pyridine rings is 1. The molecule has 0 radical (unpaired) electrons. The fourth-order valence-corrected chi connectivity index (χ4v) is 1.46. The summed E-state index contributed by atoms with van der Waals surface area (Å²) in [4.78, 5) is 4.35. The molecule has 0 aliphatic rings. The first-order valence-electron chi connectivity index (χ1n) is 5.15. The summed E-state index contributed by atoms with van der Waals surface area (Å²) in [5.74, 6) is 0.284. The molecule has 2 heteroatoms. The second kappa shape index (κ2) is 4.62. The van der Waals surface area contributed by atoms with Gasteiger partial charge in [0.2, 0.25) is 0 Å². The molecular weight excluding hydrogens is 198 g/mol. The molecule has 1 aromatic heterocycles. The van der Waals surface area contributed by atoms with Crippen molar-refractivity contribution in [3.8, 4) is 5.75 Å². The maximum Gasteiger partial charge on any atom is 0.122 e. The lowest BCUT2D eigenvalue weighted by atomic mass is 10.1. The zero-order chi connectivity index (χ0) is 11.4. The Hall–Kier alpha value is -2.09. The number of benzene rings is 1. The summed E-state index contributed by atoms with van der Waals surface area (Å²) in [5.41, 5.74) is 2.67. The summed E-state index contributed by atoms with van der Waals surface area (Å²) in [6.07, 6.45) is 3.75. The van der Waals surface area contributed by atoms with E-state index in [0.717, 1.165) is 17.0 Å². The molecule has 80 valence electrons. The van der Waals surface area contributed by atoms with Gasteiger partial charge in [0.05, 0.1) is 5.69 Å². The van der Waals surface area contributed by atoms with Crippen LogP contribution in [-0.2, 0) is 0 Å². The average molecular weight is 211 g/mol. The van der Waals surface area contributed by atoms with Gasteiger partial charge in [0.15, 0.2) is 0 Å². The van der Waals surface area contributed by atoms with Crippen molar-refractivity contribution in [2.24, 2.45) is 0 Å². The highest BCUT2D eigenvalue weighted by molar-refractivity contribution is 5.70. The summed E-state index contributed by atoms with van der Waals surface area (Å²) in [6, 6.07) is 13.1. The molecule has 1 N–H and O–H groups in total. The summed E-state index contributed by atoms with van der Waals surface area (Å²) >= 11 is 0. The Morgan fingerprint density at radius 2 is 1.81 bits per heavy atom. The van der Waals surface area contributed by atoms with Gasteiger partial charge >= 0.3 is 0 Å². The van der Waals surface area contributed by atoms with Crippen LogP contribution in [0, 0.1) is 6.92 Å². The van der Waals surface area contributed by atoms with Crippen LogP contribution in [0.3, 0.4) is 0 Å². The predicted molar refractivity (Wildman–Crippen MR) is 66.0 cm³/mol. The molecule has 0 aliphatic carbocycles. The summed E-state index contributed by atoms with van der Waals surface area (Å²) in [7, 11) is 0. The van der Waals surface area contributed by atoms with Gasteiger partial charge in [-0.15, -0.1) is 0 Å². The normalized spacial score (nSPS) is 10.8. The number of hydrogen-bond donors (Lipinski definition) is 1. The highest BCUT2D eigenvalue weighted by atomic mass is 16.3. The largest absolute Gasteiger partial charge is 0.507 e. The first kappa shape index (κ1) is 10.4. The van der Waals surface area contributed by atoms with Crippen LogP contribution in [0.4, 0.5) is 0 Å². The van der Waals surface area contributed by atoms with Crippen molar-refractivity contribution < 1.29 is 5.11 Å². The third kappa shape index (κ3) is 2.48. The van der Waals surface area contributed by atoms with Crippen LogP contribution in [0.25, 0.3) is 12.2 Å². The van der Waals surface area contributed by atoms with Gasteiger partial charge in [0.25, 0.3) is 0 Å². The van der Waals surface area contributed by atoms with Gasteiger partial charge in [-0.05, 0) is 37.3 Å². The lowest BCUT2D eigenvalue weighted by Gasteiger charge is -1.98. The summed E-state index contributed by atoms with van der Waals surface area (Å²) in [5, 5.41) is 9.57. The lowest BCUT2D eigenvalue weighted by molar-refractivity contribution is 0.474. The quantitative estimate of drug-likeness (QED) is 0.827. The van der Waals surface area contributed by atoms with Gasteiger partial charge in [-0.25, -0.2) is 0 Å². The minimum atomic E-state index is 0.284. The van der Waals surface area contributed by atoms with Crippen LogP contribution in [0.5, 0.6) is 5.75 Å². The Morgan fingerprint density at radius 1 is 1.00 bits per heavy atom. The van der Waals surface area contributed by atoms with E-state index in [2.05, 4.69) is 4.98 Å². The molecule has 0 unspecified atom stereocenters. The Balaban J connectivity index is 2.25. The molecule has 0 aliphatic heterocycles. The molecule has 2 aromatic rings. The van der Waals surface area contributed by atoms with Gasteiger partial charge in [0.1, 0.15) is 5.75 Å². The Kier molecular flexibility index (Phi) is 3.01. The summed E-state index contributed by atoms with van der Waals surface area (Å²) in [6.45, 7) is 1.96. The van der Waals surface area contributed by atoms with E-state index in [-0.39, 0.29) is 5.75 Å². The third-order valence-corrected chi connectivity index (χ3v) is 2.28. The fourth-order valence-electron chi connectivity index (χ4n) is 1.46. The van der Waals surface area contributed by atoms with Crippen LogP contribution in [0.1, 0.15) is 17.0 Å². The molecule has 16 heavy (non-hydrogen) atoms. The van der Waals surface area contributed by atoms with Crippen LogP contribution < -0.4 is 0 Å². The molecule has 0 saturated heterocycles.